The molecule has 17 heteroatoms. The second kappa shape index (κ2) is 15.1. The van der Waals surface area contributed by atoms with E-state index in [-0.39, 0.29) is 36.7 Å². The number of carbonyl (C=O) groups is 3. The number of hydrogen-bond acceptors (Lipinski definition) is 9. The fourth-order valence-electron chi connectivity index (χ4n) is 3.60. The van der Waals surface area contributed by atoms with Crippen LogP contribution in [-0.2, 0) is 14.3 Å². The maximum absolute atomic E-state index is 12.2. The Morgan fingerprint density at radius 3 is 1.91 bits per heavy atom. The van der Waals surface area contributed by atoms with Crippen LogP contribution in [0.2, 0.25) is 0 Å². The maximum atomic E-state index is 12.2. The first-order chi connectivity index (χ1) is 20.4. The Morgan fingerprint density at radius 1 is 0.909 bits per heavy atom. The number of ether oxygens (including phenoxy) is 3. The van der Waals surface area contributed by atoms with Gasteiger partial charge in [-0.05, 0) is 49.4 Å². The van der Waals surface area contributed by atoms with Crippen LogP contribution in [0.3, 0.4) is 0 Å². The first-order valence-electron chi connectivity index (χ1n) is 12.7. The highest BCUT2D eigenvalue weighted by atomic mass is 19.4. The van der Waals surface area contributed by atoms with E-state index >= 15 is 0 Å². The molecule has 0 atom stereocenters. The van der Waals surface area contributed by atoms with Crippen molar-refractivity contribution in [1.29, 1.82) is 10.8 Å². The molecule has 0 saturated carbocycles. The molecule has 1 saturated heterocycles. The first-order valence-corrected chi connectivity index (χ1v) is 12.7. The summed E-state index contributed by atoms with van der Waals surface area (Å²) in [6, 6.07) is 11.1. The van der Waals surface area contributed by atoms with Gasteiger partial charge in [0.2, 0.25) is 0 Å². The van der Waals surface area contributed by atoms with Crippen LogP contribution >= 0.6 is 0 Å². The topological polar surface area (TPSA) is 176 Å². The molecular weight excluding hydrogens is 606 g/mol. The van der Waals surface area contributed by atoms with Crippen molar-refractivity contribution in [3.63, 3.8) is 0 Å². The molecule has 0 aromatic heterocycles. The lowest BCUT2D eigenvalue weighted by atomic mass is 10.1. The predicted molar refractivity (Wildman–Crippen MR) is 142 cm³/mol. The van der Waals surface area contributed by atoms with Gasteiger partial charge in [0.25, 0.3) is 0 Å². The zero-order valence-corrected chi connectivity index (χ0v) is 23.1. The summed E-state index contributed by atoms with van der Waals surface area (Å²) >= 11 is 0. The number of piperidine rings is 1. The van der Waals surface area contributed by atoms with E-state index in [9.17, 15) is 45.8 Å². The van der Waals surface area contributed by atoms with E-state index in [1.807, 2.05) is 4.90 Å². The molecule has 2 aromatic rings. The fourth-order valence-corrected chi connectivity index (χ4v) is 3.60. The quantitative estimate of drug-likeness (QED) is 0.0793. The van der Waals surface area contributed by atoms with Crippen LogP contribution in [0, 0.1) is 10.8 Å². The van der Waals surface area contributed by atoms with Crippen LogP contribution in [0.25, 0.3) is 0 Å². The average molecular weight is 635 g/mol. The minimum atomic E-state index is -5.77. The molecule has 0 radical (unpaired) electrons. The number of nitrogens with two attached hydrogens (primary N) is 1. The summed E-state index contributed by atoms with van der Waals surface area (Å²) in [5, 5.41) is 24.9. The highest BCUT2D eigenvalue weighted by molar-refractivity contribution is 6.41. The third-order valence-electron chi connectivity index (χ3n) is 5.88. The number of esters is 1. The number of halogens is 6. The lowest BCUT2D eigenvalue weighted by Crippen LogP contribution is -2.40. The number of ketones is 2. The van der Waals surface area contributed by atoms with Crippen LogP contribution in [-0.4, -0.2) is 84.0 Å². The van der Waals surface area contributed by atoms with Crippen LogP contribution < -0.4 is 15.2 Å². The molecule has 0 aliphatic carbocycles. The van der Waals surface area contributed by atoms with Crippen molar-refractivity contribution in [2.75, 3.05) is 26.3 Å². The molecule has 0 spiro atoms. The Balaban J connectivity index is 0.000000477. The zero-order chi connectivity index (χ0) is 33.2. The van der Waals surface area contributed by atoms with Gasteiger partial charge in [0, 0.05) is 31.5 Å². The van der Waals surface area contributed by atoms with Crippen molar-refractivity contribution in [2.24, 2.45) is 5.73 Å². The summed E-state index contributed by atoms with van der Waals surface area (Å²) in [5.74, 6) is -6.09. The van der Waals surface area contributed by atoms with Gasteiger partial charge >= 0.3 is 29.9 Å². The lowest BCUT2D eigenvalue weighted by Gasteiger charge is -2.32. The van der Waals surface area contributed by atoms with Gasteiger partial charge < -0.3 is 30.0 Å². The second-order valence-corrected chi connectivity index (χ2v) is 9.15. The van der Waals surface area contributed by atoms with Crippen molar-refractivity contribution in [3.8, 4) is 17.2 Å². The number of likely N-dealkylation sites (tertiary alicyclic amines) is 1. The van der Waals surface area contributed by atoms with Crippen LogP contribution in [0.1, 0.15) is 35.7 Å². The summed E-state index contributed by atoms with van der Waals surface area (Å²) in [4.78, 5) is 33.5. The number of aromatic hydroxyl groups is 1. The number of phenols is 1. The fraction of sp³-hybridized carbons (Fsp3) is 0.370. The Labute approximate surface area is 246 Å². The number of amidine groups is 2. The molecule has 44 heavy (non-hydrogen) atoms. The predicted octanol–water partition coefficient (Wildman–Crippen LogP) is 4.00. The van der Waals surface area contributed by atoms with E-state index < -0.39 is 29.9 Å². The number of benzene rings is 2. The molecule has 11 nitrogen and oxygen atoms in total. The number of carbonyl (C=O) groups excluding carboxylic acids is 3. The van der Waals surface area contributed by atoms with E-state index in [2.05, 4.69) is 0 Å². The summed E-state index contributed by atoms with van der Waals surface area (Å²) in [7, 11) is 0. The monoisotopic (exact) mass is 634 g/mol. The van der Waals surface area contributed by atoms with Gasteiger partial charge in [-0.25, -0.2) is 4.79 Å². The minimum absolute atomic E-state index is 0.00810. The Hall–Kier alpha value is -4.83. The molecule has 1 fully saturated rings. The summed E-state index contributed by atoms with van der Waals surface area (Å²) < 4.78 is 83.6. The molecule has 1 heterocycles. The molecule has 0 amide bonds. The van der Waals surface area contributed by atoms with Crippen molar-refractivity contribution >= 4 is 29.2 Å². The highest BCUT2D eigenvalue weighted by Crippen LogP contribution is 2.27. The van der Waals surface area contributed by atoms with Gasteiger partial charge in [0.1, 0.15) is 30.9 Å². The SMILES string of the molecule is CC(=N)N1CCC(Oc2ccc(C(=O)OCCOc3cc(C(=N)N)ccc3O)cc2)CC1.O=C(C(=O)C(F)(F)F)C(F)(F)F. The van der Waals surface area contributed by atoms with E-state index in [4.69, 9.17) is 30.8 Å². The van der Waals surface area contributed by atoms with Gasteiger partial charge in [-0.15, -0.1) is 0 Å². The normalized spacial score (nSPS) is 13.7. The molecule has 1 aliphatic heterocycles. The molecule has 240 valence electrons. The molecule has 2 aromatic carbocycles. The van der Waals surface area contributed by atoms with Crippen LogP contribution in [0.4, 0.5) is 26.3 Å². The number of rotatable bonds is 9. The van der Waals surface area contributed by atoms with Gasteiger partial charge in [-0.3, -0.25) is 20.4 Å². The second-order valence-electron chi connectivity index (χ2n) is 9.15. The summed E-state index contributed by atoms with van der Waals surface area (Å²) in [6.45, 7) is 3.44. The van der Waals surface area contributed by atoms with E-state index in [0.717, 1.165) is 25.9 Å². The van der Waals surface area contributed by atoms with Crippen molar-refractivity contribution in [3.05, 3.63) is 53.6 Å². The Kier molecular flexibility index (Phi) is 12.1. The van der Waals surface area contributed by atoms with Crippen molar-refractivity contribution in [2.45, 2.75) is 38.2 Å². The van der Waals surface area contributed by atoms with Crippen LogP contribution in [0.5, 0.6) is 17.2 Å². The number of nitrogen functional groups attached to an aromatic ring is 1. The van der Waals surface area contributed by atoms with Crippen molar-refractivity contribution < 1.29 is 60.0 Å². The van der Waals surface area contributed by atoms with Crippen LogP contribution in [0.15, 0.2) is 42.5 Å². The first kappa shape index (κ1) is 35.4. The Morgan fingerprint density at radius 2 is 1.43 bits per heavy atom. The van der Waals surface area contributed by atoms with Gasteiger partial charge in [-0.2, -0.15) is 26.3 Å². The molecule has 1 aliphatic rings. The average Bonchev–Trinajstić information content (AvgIpc) is 2.95. The molecule has 0 unspecified atom stereocenters. The number of nitrogens with zero attached hydrogens (tertiary/aromatic N) is 1. The molecule has 0 bridgehead atoms. The van der Waals surface area contributed by atoms with E-state index in [0.29, 0.717) is 22.7 Å². The molecular formula is C27H28F6N4O7. The largest absolute Gasteiger partial charge is 0.504 e. The maximum Gasteiger partial charge on any atom is 0.458 e. The van der Waals surface area contributed by atoms with Gasteiger partial charge in [0.05, 0.1) is 11.4 Å². The third-order valence-corrected chi connectivity index (χ3v) is 5.88. The smallest absolute Gasteiger partial charge is 0.458 e. The van der Waals surface area contributed by atoms with Gasteiger partial charge in [-0.1, -0.05) is 0 Å². The standard InChI is InChI=1S/C23H28N4O5.C4F6O2/c1-15(24)27-10-8-19(9-11-27)32-18-5-2-16(3-6-18)23(29)31-13-12-30-21-14-17(22(25)26)4-7-20(21)28;5-3(6,7)1(11)2(12)4(8,9)10/h2-7,14,19,24,28H,8-13H2,1H3,(H3,25,26);. The highest BCUT2D eigenvalue weighted by Gasteiger charge is 2.54. The number of alkyl halides is 6. The lowest BCUT2D eigenvalue weighted by molar-refractivity contribution is -0.193. The third kappa shape index (κ3) is 10.8. The zero-order valence-electron chi connectivity index (χ0n) is 23.1. The Bertz CT molecular complexity index is 1330. The number of hydrogen-bond donors (Lipinski definition) is 4. The molecule has 3 rings (SSSR count). The number of Topliss-reactive ketones (excluding diaryl/α,β-unsaturated/α-hetero) is 2. The molecule has 5 N–H and O–H groups in total. The number of nitrogens with one attached hydrogen (secondary N) is 2. The minimum Gasteiger partial charge on any atom is -0.504 e. The van der Waals surface area contributed by atoms with Gasteiger partial charge in [0.15, 0.2) is 11.5 Å². The van der Waals surface area contributed by atoms with E-state index in [1.54, 1.807) is 31.2 Å². The number of phenolic OH excluding ortho intramolecular Hbond substituents is 1. The van der Waals surface area contributed by atoms with E-state index in [1.165, 1.54) is 18.2 Å². The summed E-state index contributed by atoms with van der Waals surface area (Å²) in [5.41, 5.74) is 6.25. The summed E-state index contributed by atoms with van der Waals surface area (Å²) in [6.07, 6.45) is -9.74. The van der Waals surface area contributed by atoms with Crippen molar-refractivity contribution in [1.82, 2.24) is 4.90 Å².